The van der Waals surface area contributed by atoms with Crippen LogP contribution in [0.4, 0.5) is 0 Å². The maximum absolute atomic E-state index is 12.1. The Hall–Kier alpha value is -4.00. The molecule has 0 radical (unpaired) electrons. The molecule has 0 aromatic heterocycles. The van der Waals surface area contributed by atoms with Crippen LogP contribution in [0.25, 0.3) is 0 Å². The van der Waals surface area contributed by atoms with Crippen LogP contribution in [0.5, 0.6) is 23.0 Å². The standard InChI is InChI=1S/C22H20N2O5/c1-28-21-11-16(7-10-20(21)29-14-15-5-3-2-4-6-15)13-23-24-22(27)18-12-17(25)8-9-19(18)26/h2-13,25-26H,14H2,1H3,(H,24,27). The van der Waals surface area contributed by atoms with Gasteiger partial charge in [0.1, 0.15) is 18.1 Å². The van der Waals surface area contributed by atoms with Gasteiger partial charge in [-0.05, 0) is 47.5 Å². The van der Waals surface area contributed by atoms with Crippen LogP contribution in [0.15, 0.2) is 71.8 Å². The van der Waals surface area contributed by atoms with E-state index in [1.807, 2.05) is 30.3 Å². The van der Waals surface area contributed by atoms with E-state index < -0.39 is 5.91 Å². The molecule has 3 aromatic carbocycles. The zero-order chi connectivity index (χ0) is 20.6. The highest BCUT2D eigenvalue weighted by Gasteiger charge is 2.11. The summed E-state index contributed by atoms with van der Waals surface area (Å²) in [6, 6.07) is 18.7. The van der Waals surface area contributed by atoms with E-state index >= 15 is 0 Å². The molecule has 7 nitrogen and oxygen atoms in total. The summed E-state index contributed by atoms with van der Waals surface area (Å²) >= 11 is 0. The highest BCUT2D eigenvalue weighted by atomic mass is 16.5. The molecule has 3 N–H and O–H groups in total. The molecule has 3 rings (SSSR count). The van der Waals surface area contributed by atoms with E-state index in [2.05, 4.69) is 10.5 Å². The lowest BCUT2D eigenvalue weighted by atomic mass is 10.2. The highest BCUT2D eigenvalue weighted by molar-refractivity contribution is 5.97. The Morgan fingerprint density at radius 3 is 2.59 bits per heavy atom. The van der Waals surface area contributed by atoms with Crippen LogP contribution in [0.1, 0.15) is 21.5 Å². The van der Waals surface area contributed by atoms with E-state index in [-0.39, 0.29) is 17.1 Å². The smallest absolute Gasteiger partial charge is 0.275 e. The van der Waals surface area contributed by atoms with Gasteiger partial charge in [-0.15, -0.1) is 0 Å². The molecule has 0 aliphatic rings. The molecule has 0 aliphatic heterocycles. The van der Waals surface area contributed by atoms with E-state index in [0.717, 1.165) is 11.6 Å². The Morgan fingerprint density at radius 1 is 1.03 bits per heavy atom. The molecular formula is C22H20N2O5. The maximum atomic E-state index is 12.1. The number of hydrogen-bond donors (Lipinski definition) is 3. The van der Waals surface area contributed by atoms with E-state index in [4.69, 9.17) is 9.47 Å². The molecule has 0 aliphatic carbocycles. The van der Waals surface area contributed by atoms with Crippen LogP contribution in [0, 0.1) is 0 Å². The number of hydrogen-bond acceptors (Lipinski definition) is 6. The predicted molar refractivity (Wildman–Crippen MR) is 109 cm³/mol. The number of nitrogens with zero attached hydrogens (tertiary/aromatic N) is 1. The van der Waals surface area contributed by atoms with Crippen molar-refractivity contribution in [3.63, 3.8) is 0 Å². The topological polar surface area (TPSA) is 100 Å². The van der Waals surface area contributed by atoms with Gasteiger partial charge >= 0.3 is 0 Å². The van der Waals surface area contributed by atoms with Gasteiger partial charge in [-0.3, -0.25) is 4.79 Å². The zero-order valence-electron chi connectivity index (χ0n) is 15.7. The average Bonchev–Trinajstić information content (AvgIpc) is 2.75. The van der Waals surface area contributed by atoms with E-state index in [9.17, 15) is 15.0 Å². The molecule has 0 unspecified atom stereocenters. The Morgan fingerprint density at radius 2 is 1.83 bits per heavy atom. The minimum atomic E-state index is -0.649. The number of rotatable bonds is 7. The predicted octanol–water partition coefficient (Wildman–Crippen LogP) is 3.45. The van der Waals surface area contributed by atoms with Gasteiger partial charge in [0.2, 0.25) is 0 Å². The van der Waals surface area contributed by atoms with Crippen molar-refractivity contribution in [3.05, 3.63) is 83.4 Å². The number of phenols is 2. The fourth-order valence-electron chi connectivity index (χ4n) is 2.55. The SMILES string of the molecule is COc1cc(C=NNC(=O)c2cc(O)ccc2O)ccc1OCc1ccccc1. The van der Waals surface area contributed by atoms with E-state index in [0.29, 0.717) is 23.7 Å². The van der Waals surface area contributed by atoms with Crippen molar-refractivity contribution in [2.45, 2.75) is 6.61 Å². The summed E-state index contributed by atoms with van der Waals surface area (Å²) in [6.07, 6.45) is 1.43. The van der Waals surface area contributed by atoms with E-state index in [1.165, 1.54) is 25.5 Å². The number of ether oxygens (including phenoxy) is 2. The third-order valence-electron chi connectivity index (χ3n) is 4.03. The van der Waals surface area contributed by atoms with Crippen LogP contribution in [0.3, 0.4) is 0 Å². The van der Waals surface area contributed by atoms with Crippen LogP contribution in [-0.2, 0) is 6.61 Å². The Bertz CT molecular complexity index is 1020. The molecule has 7 heteroatoms. The number of phenolic OH excluding ortho intramolecular Hbond substituents is 2. The fourth-order valence-corrected chi connectivity index (χ4v) is 2.55. The van der Waals surface area contributed by atoms with Gasteiger partial charge in [-0.2, -0.15) is 5.10 Å². The fraction of sp³-hybridized carbons (Fsp3) is 0.0909. The highest BCUT2D eigenvalue weighted by Crippen LogP contribution is 2.28. The molecule has 29 heavy (non-hydrogen) atoms. The molecule has 0 bridgehead atoms. The van der Waals surface area contributed by atoms with Crippen molar-refractivity contribution in [2.24, 2.45) is 5.10 Å². The Kier molecular flexibility index (Phi) is 6.32. The molecule has 0 saturated heterocycles. The second-order valence-electron chi connectivity index (χ2n) is 6.09. The lowest BCUT2D eigenvalue weighted by Crippen LogP contribution is -2.17. The number of hydrazone groups is 1. The molecule has 0 atom stereocenters. The largest absolute Gasteiger partial charge is 0.508 e. The summed E-state index contributed by atoms with van der Waals surface area (Å²) in [6.45, 7) is 0.411. The van der Waals surface area contributed by atoms with Gasteiger partial charge in [0.15, 0.2) is 11.5 Å². The number of carbonyl (C=O) groups is 1. The van der Waals surface area contributed by atoms with Gasteiger partial charge in [0.05, 0.1) is 18.9 Å². The number of carbonyl (C=O) groups excluding carboxylic acids is 1. The van der Waals surface area contributed by atoms with Crippen molar-refractivity contribution in [1.82, 2.24) is 5.43 Å². The van der Waals surface area contributed by atoms with Crippen LogP contribution in [0.2, 0.25) is 0 Å². The van der Waals surface area contributed by atoms with E-state index in [1.54, 1.807) is 18.2 Å². The van der Waals surface area contributed by atoms with Crippen molar-refractivity contribution in [3.8, 4) is 23.0 Å². The van der Waals surface area contributed by atoms with Crippen molar-refractivity contribution in [1.29, 1.82) is 0 Å². The van der Waals surface area contributed by atoms with Gasteiger partial charge in [0, 0.05) is 0 Å². The first-order valence-corrected chi connectivity index (χ1v) is 8.77. The first-order valence-electron chi connectivity index (χ1n) is 8.77. The molecule has 0 heterocycles. The summed E-state index contributed by atoms with van der Waals surface area (Å²) in [5, 5.41) is 23.0. The average molecular weight is 392 g/mol. The van der Waals surface area contributed by atoms with Crippen molar-refractivity contribution >= 4 is 12.1 Å². The van der Waals surface area contributed by atoms with Gasteiger partial charge in [-0.25, -0.2) is 5.43 Å². The minimum absolute atomic E-state index is 0.0793. The Labute approximate surface area is 167 Å². The minimum Gasteiger partial charge on any atom is -0.508 e. The second-order valence-corrected chi connectivity index (χ2v) is 6.09. The number of aromatic hydroxyl groups is 2. The lowest BCUT2D eigenvalue weighted by Gasteiger charge is -2.11. The first-order chi connectivity index (χ1) is 14.1. The summed E-state index contributed by atoms with van der Waals surface area (Å²) < 4.78 is 11.2. The molecular weight excluding hydrogens is 372 g/mol. The van der Waals surface area contributed by atoms with Crippen LogP contribution < -0.4 is 14.9 Å². The quantitative estimate of drug-likeness (QED) is 0.325. The molecule has 3 aromatic rings. The monoisotopic (exact) mass is 392 g/mol. The zero-order valence-corrected chi connectivity index (χ0v) is 15.7. The molecule has 148 valence electrons. The van der Waals surface area contributed by atoms with Gasteiger partial charge in [0.25, 0.3) is 5.91 Å². The molecule has 0 spiro atoms. The normalized spacial score (nSPS) is 10.7. The number of benzene rings is 3. The van der Waals surface area contributed by atoms with Gasteiger partial charge in [-0.1, -0.05) is 30.3 Å². The molecule has 1 amide bonds. The summed E-state index contributed by atoms with van der Waals surface area (Å²) in [5.41, 5.74) is 3.94. The molecule has 0 saturated carbocycles. The number of methoxy groups -OCH3 is 1. The maximum Gasteiger partial charge on any atom is 0.275 e. The first kappa shape index (κ1) is 19.8. The molecule has 0 fully saturated rings. The number of nitrogens with one attached hydrogen (secondary N) is 1. The number of amides is 1. The lowest BCUT2D eigenvalue weighted by molar-refractivity contribution is 0.0952. The summed E-state index contributed by atoms with van der Waals surface area (Å²) in [5.74, 6) is 0.0818. The van der Waals surface area contributed by atoms with Gasteiger partial charge < -0.3 is 19.7 Å². The van der Waals surface area contributed by atoms with Crippen LogP contribution in [-0.4, -0.2) is 29.4 Å². The van der Waals surface area contributed by atoms with Crippen molar-refractivity contribution in [2.75, 3.05) is 7.11 Å². The Balaban J connectivity index is 1.65. The van der Waals surface area contributed by atoms with Crippen LogP contribution >= 0.6 is 0 Å². The third kappa shape index (κ3) is 5.26. The third-order valence-corrected chi connectivity index (χ3v) is 4.03. The van der Waals surface area contributed by atoms with Crippen molar-refractivity contribution < 1.29 is 24.5 Å². The summed E-state index contributed by atoms with van der Waals surface area (Å²) in [7, 11) is 1.54. The summed E-state index contributed by atoms with van der Waals surface area (Å²) in [4.78, 5) is 12.1. The second kappa shape index (κ2) is 9.27.